The van der Waals surface area contributed by atoms with Crippen molar-refractivity contribution in [1.82, 2.24) is 20.0 Å². The summed E-state index contributed by atoms with van der Waals surface area (Å²) in [6, 6.07) is 2.03. The highest BCUT2D eigenvalue weighted by molar-refractivity contribution is 9.10. The number of hydrogen-bond donors (Lipinski definition) is 0. The van der Waals surface area contributed by atoms with Crippen LogP contribution in [0.3, 0.4) is 0 Å². The van der Waals surface area contributed by atoms with E-state index in [1.165, 1.54) is 0 Å². The molecule has 0 radical (unpaired) electrons. The van der Waals surface area contributed by atoms with Crippen LogP contribution in [0.5, 0.6) is 0 Å². The summed E-state index contributed by atoms with van der Waals surface area (Å²) in [6.45, 7) is 2.79. The first-order valence-electron chi connectivity index (χ1n) is 5.32. The summed E-state index contributed by atoms with van der Waals surface area (Å²) in [4.78, 5) is 4.40. The van der Waals surface area contributed by atoms with Crippen LogP contribution in [-0.4, -0.2) is 20.0 Å². The van der Waals surface area contributed by atoms with Gasteiger partial charge in [0.05, 0.1) is 17.1 Å². The van der Waals surface area contributed by atoms with E-state index in [2.05, 4.69) is 54.1 Å². The second kappa shape index (κ2) is 5.73. The molecule has 0 aromatic carbocycles. The molecule has 90 valence electrons. The lowest BCUT2D eigenvalue weighted by Crippen LogP contribution is -2.00. The molecule has 0 aliphatic rings. The molecule has 0 aliphatic heterocycles. The molecule has 0 spiro atoms. The van der Waals surface area contributed by atoms with Crippen LogP contribution < -0.4 is 0 Å². The van der Waals surface area contributed by atoms with E-state index >= 15 is 0 Å². The molecule has 0 amide bonds. The van der Waals surface area contributed by atoms with E-state index in [1.54, 1.807) is 6.20 Å². The van der Waals surface area contributed by atoms with Gasteiger partial charge in [-0.15, -0.1) is 5.10 Å². The van der Waals surface area contributed by atoms with Crippen LogP contribution in [0.15, 0.2) is 29.1 Å². The van der Waals surface area contributed by atoms with Gasteiger partial charge in [0.15, 0.2) is 0 Å². The van der Waals surface area contributed by atoms with Crippen molar-refractivity contribution >= 4 is 31.9 Å². The van der Waals surface area contributed by atoms with Gasteiger partial charge in [-0.05, 0) is 34.0 Å². The molecule has 2 heterocycles. The Balaban J connectivity index is 2.11. The summed E-state index contributed by atoms with van der Waals surface area (Å²) in [5, 5.41) is 8.24. The van der Waals surface area contributed by atoms with Crippen molar-refractivity contribution in [2.75, 3.05) is 0 Å². The van der Waals surface area contributed by atoms with Crippen molar-refractivity contribution in [3.63, 3.8) is 0 Å². The summed E-state index contributed by atoms with van der Waals surface area (Å²) in [5.74, 6) is 0. The van der Waals surface area contributed by atoms with E-state index in [0.29, 0.717) is 6.54 Å². The van der Waals surface area contributed by atoms with E-state index < -0.39 is 0 Å². The molecule has 0 N–H and O–H groups in total. The molecule has 0 bridgehead atoms. The second-order valence-corrected chi connectivity index (χ2v) is 5.75. The molecule has 6 heteroatoms. The fraction of sp³-hybridized carbons (Fsp3) is 0.364. The van der Waals surface area contributed by atoms with Crippen molar-refractivity contribution in [3.8, 4) is 0 Å². The van der Waals surface area contributed by atoms with E-state index in [0.717, 1.165) is 22.2 Å². The zero-order valence-electron chi connectivity index (χ0n) is 9.35. The van der Waals surface area contributed by atoms with E-state index in [1.807, 2.05) is 23.1 Å². The lowest BCUT2D eigenvalue weighted by molar-refractivity contribution is 0.647. The van der Waals surface area contributed by atoms with Gasteiger partial charge in [-0.2, -0.15) is 0 Å². The van der Waals surface area contributed by atoms with Crippen molar-refractivity contribution in [3.05, 3.63) is 40.4 Å². The van der Waals surface area contributed by atoms with Crippen molar-refractivity contribution in [1.29, 1.82) is 0 Å². The Bertz CT molecular complexity index is 498. The van der Waals surface area contributed by atoms with Gasteiger partial charge in [0.2, 0.25) is 0 Å². The van der Waals surface area contributed by atoms with Crippen LogP contribution >= 0.6 is 31.9 Å². The van der Waals surface area contributed by atoms with E-state index in [4.69, 9.17) is 0 Å². The topological polar surface area (TPSA) is 43.6 Å². The van der Waals surface area contributed by atoms with Gasteiger partial charge in [-0.1, -0.05) is 28.1 Å². The molecule has 1 atom stereocenters. The first kappa shape index (κ1) is 12.7. The maximum Gasteiger partial charge on any atom is 0.0963 e. The van der Waals surface area contributed by atoms with Crippen LogP contribution in [0.25, 0.3) is 0 Å². The minimum absolute atomic E-state index is 0.275. The van der Waals surface area contributed by atoms with Crippen LogP contribution in [-0.2, 0) is 6.54 Å². The summed E-state index contributed by atoms with van der Waals surface area (Å²) in [7, 11) is 0. The smallest absolute Gasteiger partial charge is 0.0963 e. The monoisotopic (exact) mass is 358 g/mol. The largest absolute Gasteiger partial charge is 0.263 e. The predicted molar refractivity (Wildman–Crippen MR) is 73.0 cm³/mol. The molecule has 4 nitrogen and oxygen atoms in total. The van der Waals surface area contributed by atoms with Gasteiger partial charge in [-0.3, -0.25) is 4.98 Å². The highest BCUT2D eigenvalue weighted by Gasteiger charge is 2.09. The number of halogens is 2. The number of nitrogens with zero attached hydrogens (tertiary/aromatic N) is 4. The first-order chi connectivity index (χ1) is 8.19. The van der Waals surface area contributed by atoms with Gasteiger partial charge in [0, 0.05) is 23.1 Å². The highest BCUT2D eigenvalue weighted by Crippen LogP contribution is 2.23. The molecule has 2 rings (SSSR count). The Morgan fingerprint density at radius 1 is 1.41 bits per heavy atom. The van der Waals surface area contributed by atoms with Crippen LogP contribution in [0.1, 0.15) is 29.4 Å². The molecular weight excluding hydrogens is 348 g/mol. The molecule has 1 unspecified atom stereocenters. The summed E-state index contributed by atoms with van der Waals surface area (Å²) in [5.41, 5.74) is 2.06. The summed E-state index contributed by atoms with van der Waals surface area (Å²) >= 11 is 6.96. The van der Waals surface area contributed by atoms with Crippen LogP contribution in [0, 0.1) is 0 Å². The maximum atomic E-state index is 4.14. The first-order valence-corrected chi connectivity index (χ1v) is 7.03. The number of pyridine rings is 1. The normalized spacial score (nSPS) is 12.6. The van der Waals surface area contributed by atoms with Crippen molar-refractivity contribution in [2.45, 2.75) is 24.7 Å². The number of aromatic nitrogens is 4. The number of alkyl halides is 1. The SMILES string of the molecule is CCC(Br)c1cn(Cc2cncc(Br)c2)nn1. The second-order valence-electron chi connectivity index (χ2n) is 3.73. The van der Waals surface area contributed by atoms with Gasteiger partial charge in [0.25, 0.3) is 0 Å². The standard InChI is InChI=1S/C11H12Br2N4/c1-2-10(13)11-7-17(16-15-11)6-8-3-9(12)5-14-4-8/h3-5,7,10H,2,6H2,1H3. The molecular formula is C11H12Br2N4. The average molecular weight is 360 g/mol. The lowest BCUT2D eigenvalue weighted by Gasteiger charge is -2.01. The lowest BCUT2D eigenvalue weighted by atomic mass is 10.2. The third-order valence-electron chi connectivity index (χ3n) is 2.34. The Kier molecular flexibility index (Phi) is 4.28. The van der Waals surface area contributed by atoms with E-state index in [9.17, 15) is 0 Å². The molecule has 2 aromatic heterocycles. The third-order valence-corrected chi connectivity index (χ3v) is 3.89. The fourth-order valence-corrected chi connectivity index (χ4v) is 2.09. The minimum atomic E-state index is 0.275. The van der Waals surface area contributed by atoms with Gasteiger partial charge >= 0.3 is 0 Å². The maximum absolute atomic E-state index is 4.14. The van der Waals surface area contributed by atoms with Crippen LogP contribution in [0.4, 0.5) is 0 Å². The molecule has 0 saturated heterocycles. The zero-order valence-corrected chi connectivity index (χ0v) is 12.5. The summed E-state index contributed by atoms with van der Waals surface area (Å²) < 4.78 is 2.80. The Morgan fingerprint density at radius 3 is 2.94 bits per heavy atom. The highest BCUT2D eigenvalue weighted by atomic mass is 79.9. The number of rotatable bonds is 4. The Labute approximate surface area is 117 Å². The number of hydrogen-bond acceptors (Lipinski definition) is 3. The molecule has 2 aromatic rings. The Hall–Kier alpha value is -0.750. The average Bonchev–Trinajstić information content (AvgIpc) is 2.76. The van der Waals surface area contributed by atoms with Crippen molar-refractivity contribution in [2.24, 2.45) is 0 Å². The quantitative estimate of drug-likeness (QED) is 0.786. The molecule has 0 aliphatic carbocycles. The minimum Gasteiger partial charge on any atom is -0.263 e. The zero-order chi connectivity index (χ0) is 12.3. The van der Waals surface area contributed by atoms with Gasteiger partial charge < -0.3 is 0 Å². The molecule has 0 saturated carbocycles. The van der Waals surface area contributed by atoms with Crippen molar-refractivity contribution < 1.29 is 0 Å². The molecule has 0 fully saturated rings. The van der Waals surface area contributed by atoms with Gasteiger partial charge in [0.1, 0.15) is 0 Å². The van der Waals surface area contributed by atoms with Gasteiger partial charge in [-0.25, -0.2) is 4.68 Å². The fourth-order valence-electron chi connectivity index (χ4n) is 1.47. The third kappa shape index (κ3) is 3.35. The van der Waals surface area contributed by atoms with Crippen LogP contribution in [0.2, 0.25) is 0 Å². The Morgan fingerprint density at radius 2 is 2.24 bits per heavy atom. The van der Waals surface area contributed by atoms with E-state index in [-0.39, 0.29) is 4.83 Å². The predicted octanol–water partition coefficient (Wildman–Crippen LogP) is 3.33. The summed E-state index contributed by atoms with van der Waals surface area (Å²) in [6.07, 6.45) is 6.56. The molecule has 17 heavy (non-hydrogen) atoms.